The van der Waals surface area contributed by atoms with E-state index in [2.05, 4.69) is 43.4 Å². The molecule has 0 unspecified atom stereocenters. The van der Waals surface area contributed by atoms with Crippen LogP contribution < -0.4 is 10.2 Å². The fraction of sp³-hybridized carbons (Fsp3) is 0.206. The third-order valence-electron chi connectivity index (χ3n) is 8.29. The maximum atomic E-state index is 14.1. The van der Waals surface area contributed by atoms with Gasteiger partial charge in [0.25, 0.3) is 5.91 Å². The molecule has 2 aliphatic heterocycles. The Bertz CT molecular complexity index is 1850. The quantitative estimate of drug-likeness (QED) is 0.288. The molecule has 43 heavy (non-hydrogen) atoms. The molecule has 3 heterocycles. The number of nitrogens with zero attached hydrogens (tertiary/aromatic N) is 4. The van der Waals surface area contributed by atoms with Crippen molar-refractivity contribution in [3.8, 4) is 11.1 Å². The Morgan fingerprint density at radius 2 is 1.67 bits per heavy atom. The van der Waals surface area contributed by atoms with Crippen LogP contribution >= 0.6 is 0 Å². The van der Waals surface area contributed by atoms with Crippen molar-refractivity contribution in [2.45, 2.75) is 13.0 Å². The van der Waals surface area contributed by atoms with Gasteiger partial charge >= 0.3 is 0 Å². The Labute approximate surface area is 247 Å². The number of hydrogen-bond acceptors (Lipinski definition) is 5. The molecule has 4 aromatic carbocycles. The summed E-state index contributed by atoms with van der Waals surface area (Å²) in [6, 6.07) is 21.3. The van der Waals surface area contributed by atoms with Gasteiger partial charge in [-0.2, -0.15) is 5.10 Å². The smallest absolute Gasteiger partial charge is 0.256 e. The fourth-order valence-corrected chi connectivity index (χ4v) is 5.92. The van der Waals surface area contributed by atoms with Gasteiger partial charge in [-0.3, -0.25) is 14.9 Å². The van der Waals surface area contributed by atoms with Crippen molar-refractivity contribution in [3.63, 3.8) is 0 Å². The summed E-state index contributed by atoms with van der Waals surface area (Å²) in [5.41, 5.74) is 7.64. The zero-order valence-electron chi connectivity index (χ0n) is 23.7. The maximum Gasteiger partial charge on any atom is 0.256 e. The normalized spacial score (nSPS) is 15.0. The number of aromatic amines is 1. The van der Waals surface area contributed by atoms with Gasteiger partial charge in [0, 0.05) is 54.4 Å². The molecule has 0 saturated carbocycles. The van der Waals surface area contributed by atoms with Gasteiger partial charge in [0.05, 0.1) is 18.3 Å². The number of aromatic nitrogens is 2. The number of halogens is 2. The van der Waals surface area contributed by atoms with Crippen LogP contribution in [0.5, 0.6) is 0 Å². The highest BCUT2D eigenvalue weighted by molar-refractivity contribution is 6.14. The molecular weight excluding hydrogens is 546 g/mol. The maximum absolute atomic E-state index is 14.1. The Balaban J connectivity index is 1.18. The van der Waals surface area contributed by atoms with Gasteiger partial charge in [-0.1, -0.05) is 6.07 Å². The Kier molecular flexibility index (Phi) is 6.95. The molecule has 7 nitrogen and oxygen atoms in total. The predicted molar refractivity (Wildman–Crippen MR) is 165 cm³/mol. The van der Waals surface area contributed by atoms with Crippen molar-refractivity contribution in [2.24, 2.45) is 4.99 Å². The van der Waals surface area contributed by atoms with Gasteiger partial charge in [0.1, 0.15) is 17.5 Å². The minimum Gasteiger partial charge on any atom is -0.369 e. The van der Waals surface area contributed by atoms with Crippen LogP contribution in [-0.4, -0.2) is 60.1 Å². The standard InChI is InChI=1S/C34H30F2N6O/c1-41-8-10-42(11-9-41)29-5-2-22(3-6-29)34(43)39-33-31-16-24(12-21-13-27(35)18-28(36)14-21)30(17-25(31)19-37-33)23-4-7-32-26(15-23)20-38-40-32/h2-7,13-18,20H,8-12,19H2,1H3,(H,38,40)(H,37,39,43). The molecule has 1 fully saturated rings. The predicted octanol–water partition coefficient (Wildman–Crippen LogP) is 5.54. The van der Waals surface area contributed by atoms with E-state index < -0.39 is 11.6 Å². The second-order valence-corrected chi connectivity index (χ2v) is 11.2. The van der Waals surface area contributed by atoms with Crippen LogP contribution in [0.1, 0.15) is 32.6 Å². The number of amidine groups is 1. The number of rotatable bonds is 5. The van der Waals surface area contributed by atoms with Crippen molar-refractivity contribution in [3.05, 3.63) is 118 Å². The van der Waals surface area contributed by atoms with E-state index in [1.54, 1.807) is 6.20 Å². The average Bonchev–Trinajstić information content (AvgIpc) is 3.63. The number of carbonyl (C=O) groups excluding carboxylic acids is 1. The molecular formula is C34H30F2N6O. The number of fused-ring (bicyclic) bond motifs is 2. The zero-order chi connectivity index (χ0) is 29.5. The minimum atomic E-state index is -0.620. The third kappa shape index (κ3) is 5.51. The molecule has 1 saturated heterocycles. The van der Waals surface area contributed by atoms with Gasteiger partial charge in [-0.15, -0.1) is 0 Å². The molecule has 0 bridgehead atoms. The number of H-pyrrole nitrogens is 1. The first-order chi connectivity index (χ1) is 20.9. The average molecular weight is 577 g/mol. The fourth-order valence-electron chi connectivity index (χ4n) is 5.92. The number of carbonyl (C=O) groups is 1. The summed E-state index contributed by atoms with van der Waals surface area (Å²) in [7, 11) is 2.12. The van der Waals surface area contributed by atoms with Crippen molar-refractivity contribution < 1.29 is 13.6 Å². The molecule has 5 aromatic rings. The van der Waals surface area contributed by atoms with Crippen molar-refractivity contribution >= 4 is 28.3 Å². The van der Waals surface area contributed by atoms with E-state index in [-0.39, 0.29) is 5.91 Å². The van der Waals surface area contributed by atoms with E-state index in [0.29, 0.717) is 29.9 Å². The lowest BCUT2D eigenvalue weighted by Gasteiger charge is -2.34. The highest BCUT2D eigenvalue weighted by Gasteiger charge is 2.23. The van der Waals surface area contributed by atoms with Crippen LogP contribution in [-0.2, 0) is 13.0 Å². The lowest BCUT2D eigenvalue weighted by molar-refractivity contribution is 0.0977. The number of nitrogens with one attached hydrogen (secondary N) is 2. The van der Waals surface area contributed by atoms with Gasteiger partial charge in [0.15, 0.2) is 0 Å². The Morgan fingerprint density at radius 3 is 2.44 bits per heavy atom. The summed E-state index contributed by atoms with van der Waals surface area (Å²) in [6.45, 7) is 4.36. The molecule has 2 aliphatic rings. The molecule has 216 valence electrons. The van der Waals surface area contributed by atoms with Crippen LogP contribution in [0.3, 0.4) is 0 Å². The molecule has 1 amide bonds. The zero-order valence-corrected chi connectivity index (χ0v) is 23.7. The number of anilines is 1. The number of likely N-dealkylation sites (N-methyl/N-ethyl adjacent to an activating group) is 1. The van der Waals surface area contributed by atoms with Gasteiger partial charge in [0.2, 0.25) is 0 Å². The van der Waals surface area contributed by atoms with E-state index >= 15 is 0 Å². The van der Waals surface area contributed by atoms with Crippen molar-refractivity contribution in [1.82, 2.24) is 20.4 Å². The van der Waals surface area contributed by atoms with Crippen molar-refractivity contribution in [2.75, 3.05) is 38.1 Å². The van der Waals surface area contributed by atoms with Crippen LogP contribution in [0.15, 0.2) is 84.0 Å². The van der Waals surface area contributed by atoms with E-state index in [1.807, 2.05) is 48.5 Å². The number of hydrogen-bond donors (Lipinski definition) is 2. The molecule has 1 aromatic heterocycles. The molecule has 0 radical (unpaired) electrons. The van der Waals surface area contributed by atoms with Gasteiger partial charge < -0.3 is 15.1 Å². The summed E-state index contributed by atoms with van der Waals surface area (Å²) in [5, 5.41) is 11.1. The Hall–Kier alpha value is -4.89. The molecule has 7 rings (SSSR count). The number of amides is 1. The third-order valence-corrected chi connectivity index (χ3v) is 8.29. The number of benzene rings is 4. The van der Waals surface area contributed by atoms with Crippen LogP contribution in [0, 0.1) is 11.6 Å². The molecule has 0 spiro atoms. The largest absolute Gasteiger partial charge is 0.369 e. The topological polar surface area (TPSA) is 76.6 Å². The number of piperazine rings is 1. The van der Waals surface area contributed by atoms with Gasteiger partial charge in [-0.05, 0) is 102 Å². The van der Waals surface area contributed by atoms with Gasteiger partial charge in [-0.25, -0.2) is 8.78 Å². The SMILES string of the molecule is CN1CCN(c2ccc(C(=O)NC3=NCc4cc(-c5ccc6[nH]ncc6c5)c(Cc5cc(F)cc(F)c5)cc43)cc2)CC1. The second-order valence-electron chi connectivity index (χ2n) is 11.2. The van der Waals surface area contributed by atoms with Crippen molar-refractivity contribution in [1.29, 1.82) is 0 Å². The minimum absolute atomic E-state index is 0.236. The Morgan fingerprint density at radius 1 is 0.907 bits per heavy atom. The lowest BCUT2D eigenvalue weighted by Crippen LogP contribution is -2.44. The highest BCUT2D eigenvalue weighted by Crippen LogP contribution is 2.33. The first kappa shape index (κ1) is 27.0. The summed E-state index contributed by atoms with van der Waals surface area (Å²) >= 11 is 0. The monoisotopic (exact) mass is 576 g/mol. The summed E-state index contributed by atoms with van der Waals surface area (Å²) in [6.07, 6.45) is 2.07. The summed E-state index contributed by atoms with van der Waals surface area (Å²) in [5.74, 6) is -0.984. The molecule has 0 atom stereocenters. The summed E-state index contributed by atoms with van der Waals surface area (Å²) in [4.78, 5) is 22.6. The van der Waals surface area contributed by atoms with E-state index in [1.165, 1.54) is 12.1 Å². The molecule has 2 N–H and O–H groups in total. The highest BCUT2D eigenvalue weighted by atomic mass is 19.1. The van der Waals surface area contributed by atoms with E-state index in [4.69, 9.17) is 0 Å². The molecule has 9 heteroatoms. The van der Waals surface area contributed by atoms with Crippen LogP contribution in [0.4, 0.5) is 14.5 Å². The first-order valence-corrected chi connectivity index (χ1v) is 14.3. The summed E-state index contributed by atoms with van der Waals surface area (Å²) < 4.78 is 28.2. The lowest BCUT2D eigenvalue weighted by atomic mass is 9.90. The second kappa shape index (κ2) is 11.1. The van der Waals surface area contributed by atoms with Crippen LogP contribution in [0.2, 0.25) is 0 Å². The molecule has 0 aliphatic carbocycles. The first-order valence-electron chi connectivity index (χ1n) is 14.3. The van der Waals surface area contributed by atoms with Crippen LogP contribution in [0.25, 0.3) is 22.0 Å². The number of aliphatic imine (C=N–C) groups is 1. The van der Waals surface area contributed by atoms with E-state index in [9.17, 15) is 13.6 Å². The van der Waals surface area contributed by atoms with E-state index in [0.717, 1.165) is 76.7 Å².